The fraction of sp³-hybridized carbons (Fsp3) is 0.538. The standard InChI is InChI=1S/C13H20N2O5S/c1-5-10(2)8-11(15(4)9-16)12(17)14-21(18,19)20-13(3)6-7-13/h5,9,11H,1-2,6-8H2,3-4H3,(H,14,17). The number of amides is 2. The molecule has 1 unspecified atom stereocenters. The average Bonchev–Trinajstić information content (AvgIpc) is 3.09. The lowest BCUT2D eigenvalue weighted by atomic mass is 10.1. The van der Waals surface area contributed by atoms with Crippen LogP contribution in [-0.4, -0.2) is 44.3 Å². The van der Waals surface area contributed by atoms with Gasteiger partial charge in [0.05, 0.1) is 5.60 Å². The van der Waals surface area contributed by atoms with E-state index in [4.69, 9.17) is 4.18 Å². The summed E-state index contributed by atoms with van der Waals surface area (Å²) in [5, 5.41) is 0. The van der Waals surface area contributed by atoms with Crippen LogP contribution in [0, 0.1) is 0 Å². The first kappa shape index (κ1) is 17.4. The van der Waals surface area contributed by atoms with E-state index in [9.17, 15) is 18.0 Å². The predicted octanol–water partition coefficient (Wildman–Crippen LogP) is 0.506. The van der Waals surface area contributed by atoms with E-state index < -0.39 is 27.9 Å². The SMILES string of the molecule is C=CC(=C)CC(C(=O)NS(=O)(=O)OC1(C)CC1)N(C)C=O. The van der Waals surface area contributed by atoms with E-state index in [-0.39, 0.29) is 6.42 Å². The largest absolute Gasteiger partial charge is 0.362 e. The molecule has 0 bridgehead atoms. The van der Waals surface area contributed by atoms with Crippen molar-refractivity contribution in [1.29, 1.82) is 0 Å². The summed E-state index contributed by atoms with van der Waals surface area (Å²) in [6.45, 7) is 8.81. The average molecular weight is 316 g/mol. The molecular formula is C13H20N2O5S. The molecule has 7 nitrogen and oxygen atoms in total. The summed E-state index contributed by atoms with van der Waals surface area (Å²) in [6.07, 6.45) is 3.20. The first-order valence-electron chi connectivity index (χ1n) is 6.37. The Labute approximate surface area is 124 Å². The second-order valence-corrected chi connectivity index (χ2v) is 6.59. The Hall–Kier alpha value is -1.67. The summed E-state index contributed by atoms with van der Waals surface area (Å²) in [7, 11) is -2.82. The van der Waals surface area contributed by atoms with Crippen LogP contribution in [0.25, 0.3) is 0 Å². The lowest BCUT2D eigenvalue weighted by Crippen LogP contribution is -2.47. The van der Waals surface area contributed by atoms with Crippen molar-refractivity contribution in [3.8, 4) is 0 Å². The van der Waals surface area contributed by atoms with Gasteiger partial charge in [-0.25, -0.2) is 8.91 Å². The van der Waals surface area contributed by atoms with Crippen LogP contribution in [0.15, 0.2) is 24.8 Å². The minimum atomic E-state index is -4.20. The van der Waals surface area contributed by atoms with Crippen LogP contribution in [-0.2, 0) is 24.1 Å². The first-order valence-corrected chi connectivity index (χ1v) is 7.78. The van der Waals surface area contributed by atoms with Gasteiger partial charge in [0.1, 0.15) is 6.04 Å². The van der Waals surface area contributed by atoms with E-state index in [1.807, 2.05) is 4.72 Å². The molecule has 1 fully saturated rings. The molecule has 21 heavy (non-hydrogen) atoms. The van der Waals surface area contributed by atoms with Crippen LogP contribution in [0.3, 0.4) is 0 Å². The lowest BCUT2D eigenvalue weighted by Gasteiger charge is -2.24. The molecule has 0 saturated heterocycles. The number of hydrogen-bond donors (Lipinski definition) is 1. The molecule has 1 aliphatic rings. The van der Waals surface area contributed by atoms with Gasteiger partial charge in [-0.05, 0) is 19.8 Å². The smallest absolute Gasteiger partial charge is 0.336 e. The second kappa shape index (κ2) is 6.40. The van der Waals surface area contributed by atoms with Crippen LogP contribution < -0.4 is 4.72 Å². The van der Waals surface area contributed by atoms with Crippen molar-refractivity contribution in [2.75, 3.05) is 7.05 Å². The summed E-state index contributed by atoms with van der Waals surface area (Å²) < 4.78 is 30.3. The zero-order valence-corrected chi connectivity index (χ0v) is 13.0. The molecule has 118 valence electrons. The summed E-state index contributed by atoms with van der Waals surface area (Å²) in [5.74, 6) is -0.850. The molecule has 1 N–H and O–H groups in total. The van der Waals surface area contributed by atoms with Gasteiger partial charge in [0, 0.05) is 13.5 Å². The van der Waals surface area contributed by atoms with Gasteiger partial charge in [-0.2, -0.15) is 8.42 Å². The van der Waals surface area contributed by atoms with Crippen LogP contribution in [0.2, 0.25) is 0 Å². The Balaban J connectivity index is 2.77. The third-order valence-corrected chi connectivity index (χ3v) is 4.27. The molecule has 8 heteroatoms. The number of hydrogen-bond acceptors (Lipinski definition) is 5. The number of carbonyl (C=O) groups excluding carboxylic acids is 2. The highest BCUT2D eigenvalue weighted by atomic mass is 32.2. The summed E-state index contributed by atoms with van der Waals surface area (Å²) in [4.78, 5) is 24.0. The molecule has 0 aromatic heterocycles. The first-order chi connectivity index (χ1) is 9.62. The van der Waals surface area contributed by atoms with E-state index in [1.54, 1.807) is 6.92 Å². The molecule has 0 spiro atoms. The minimum absolute atomic E-state index is 0.0807. The fourth-order valence-electron chi connectivity index (χ4n) is 1.56. The molecule has 0 aromatic carbocycles. The van der Waals surface area contributed by atoms with Crippen molar-refractivity contribution in [3.05, 3.63) is 24.8 Å². The monoisotopic (exact) mass is 316 g/mol. The second-order valence-electron chi connectivity index (χ2n) is 5.31. The lowest BCUT2D eigenvalue weighted by molar-refractivity contribution is -0.130. The highest BCUT2D eigenvalue weighted by Gasteiger charge is 2.44. The fourth-order valence-corrected chi connectivity index (χ4v) is 2.68. The Kier molecular flexibility index (Phi) is 5.30. The number of carbonyl (C=O) groups is 2. The molecule has 1 atom stereocenters. The summed E-state index contributed by atoms with van der Waals surface area (Å²) in [6, 6.07) is -1.00. The maximum Gasteiger partial charge on any atom is 0.362 e. The maximum atomic E-state index is 12.1. The summed E-state index contributed by atoms with van der Waals surface area (Å²) >= 11 is 0. The molecule has 1 saturated carbocycles. The molecule has 2 amide bonds. The third kappa shape index (κ3) is 5.31. The van der Waals surface area contributed by atoms with Crippen molar-refractivity contribution in [2.45, 2.75) is 37.8 Å². The normalized spacial score (nSPS) is 17.4. The molecule has 1 aliphatic carbocycles. The van der Waals surface area contributed by atoms with Gasteiger partial charge in [0.2, 0.25) is 6.41 Å². The van der Waals surface area contributed by atoms with E-state index in [2.05, 4.69) is 13.2 Å². The van der Waals surface area contributed by atoms with Crippen molar-refractivity contribution in [1.82, 2.24) is 9.62 Å². The van der Waals surface area contributed by atoms with Gasteiger partial charge in [0.15, 0.2) is 0 Å². The van der Waals surface area contributed by atoms with E-state index in [1.165, 1.54) is 13.1 Å². The minimum Gasteiger partial charge on any atom is -0.336 e. The third-order valence-electron chi connectivity index (χ3n) is 3.20. The number of likely N-dealkylation sites (N-methyl/N-ethyl adjacent to an activating group) is 1. The Morgan fingerprint density at radius 3 is 2.52 bits per heavy atom. The van der Waals surface area contributed by atoms with Gasteiger partial charge in [-0.1, -0.05) is 24.8 Å². The van der Waals surface area contributed by atoms with Crippen LogP contribution in [0.1, 0.15) is 26.2 Å². The van der Waals surface area contributed by atoms with Crippen LogP contribution in [0.4, 0.5) is 0 Å². The predicted molar refractivity (Wildman–Crippen MR) is 77.4 cm³/mol. The van der Waals surface area contributed by atoms with Gasteiger partial charge in [-0.15, -0.1) is 0 Å². The van der Waals surface area contributed by atoms with Gasteiger partial charge >= 0.3 is 10.3 Å². The van der Waals surface area contributed by atoms with E-state index in [0.29, 0.717) is 24.8 Å². The quantitative estimate of drug-likeness (QED) is 0.494. The van der Waals surface area contributed by atoms with Crippen molar-refractivity contribution in [2.24, 2.45) is 0 Å². The highest BCUT2D eigenvalue weighted by Crippen LogP contribution is 2.39. The molecule has 0 heterocycles. The number of nitrogens with zero attached hydrogens (tertiary/aromatic N) is 1. The zero-order chi connectivity index (χ0) is 16.3. The molecule has 1 rings (SSSR count). The molecule has 0 radical (unpaired) electrons. The highest BCUT2D eigenvalue weighted by molar-refractivity contribution is 7.85. The Morgan fingerprint density at radius 2 is 2.10 bits per heavy atom. The number of allylic oxidation sites excluding steroid dienone is 1. The van der Waals surface area contributed by atoms with Crippen molar-refractivity contribution in [3.63, 3.8) is 0 Å². The Morgan fingerprint density at radius 1 is 1.52 bits per heavy atom. The van der Waals surface area contributed by atoms with Crippen molar-refractivity contribution < 1.29 is 22.2 Å². The zero-order valence-electron chi connectivity index (χ0n) is 12.2. The molecular weight excluding hydrogens is 296 g/mol. The summed E-state index contributed by atoms with van der Waals surface area (Å²) in [5.41, 5.74) is -0.223. The van der Waals surface area contributed by atoms with Gasteiger partial charge in [0.25, 0.3) is 5.91 Å². The van der Waals surface area contributed by atoms with E-state index >= 15 is 0 Å². The van der Waals surface area contributed by atoms with Crippen molar-refractivity contribution >= 4 is 22.6 Å². The Bertz CT molecular complexity index is 551. The van der Waals surface area contributed by atoms with E-state index in [0.717, 1.165) is 4.90 Å². The maximum absolute atomic E-state index is 12.1. The van der Waals surface area contributed by atoms with Crippen LogP contribution in [0.5, 0.6) is 0 Å². The number of nitrogens with one attached hydrogen (secondary N) is 1. The van der Waals surface area contributed by atoms with Crippen LogP contribution >= 0.6 is 0 Å². The topological polar surface area (TPSA) is 92.8 Å². The molecule has 0 aliphatic heterocycles. The van der Waals surface area contributed by atoms with Gasteiger partial charge < -0.3 is 4.90 Å². The molecule has 0 aromatic rings. The van der Waals surface area contributed by atoms with Gasteiger partial charge in [-0.3, -0.25) is 9.59 Å². The number of rotatable bonds is 9.